The average Bonchev–Trinajstić information content (AvgIpc) is 1.82. The molecule has 0 bridgehead atoms. The maximum absolute atomic E-state index is 12.3. The van der Waals surface area contributed by atoms with Crippen molar-refractivity contribution >= 4 is 21.8 Å². The van der Waals surface area contributed by atoms with Crippen molar-refractivity contribution in [2.24, 2.45) is 0 Å². The van der Waals surface area contributed by atoms with E-state index in [1.165, 1.54) is 6.92 Å². The highest BCUT2D eigenvalue weighted by atomic mass is 35.5. The number of rotatable bonds is 1. The predicted octanol–water partition coefficient (Wildman–Crippen LogP) is 1.10. The van der Waals surface area contributed by atoms with Crippen molar-refractivity contribution in [3.8, 4) is 0 Å². The van der Waals surface area contributed by atoms with Crippen LogP contribution in [-0.2, 0) is 10.2 Å². The van der Waals surface area contributed by atoms with Gasteiger partial charge in [0.05, 0.1) is 0 Å². The van der Waals surface area contributed by atoms with Crippen molar-refractivity contribution in [2.75, 3.05) is 0 Å². The Hall–Kier alpha value is -0.750. The van der Waals surface area contributed by atoms with E-state index in [-0.39, 0.29) is 5.28 Å². The minimum Gasteiger partial charge on any atom is -0.223 e. The summed E-state index contributed by atoms with van der Waals surface area (Å²) >= 11 is 5.30. The lowest BCUT2D eigenvalue weighted by Crippen LogP contribution is -1.99. The van der Waals surface area contributed by atoms with Crippen molar-refractivity contribution in [1.29, 1.82) is 0 Å². The van der Waals surface area contributed by atoms with E-state index < -0.39 is 15.2 Å². The van der Waals surface area contributed by atoms with Crippen LogP contribution in [0.1, 0.15) is 5.69 Å². The number of hydrogen-bond donors (Lipinski definition) is 0. The summed E-state index contributed by atoms with van der Waals surface area (Å²) in [6.07, 6.45) is 0. The van der Waals surface area contributed by atoms with E-state index in [0.717, 1.165) is 6.07 Å². The molecule has 1 aromatic rings. The molecule has 12 heavy (non-hydrogen) atoms. The molecule has 66 valence electrons. The van der Waals surface area contributed by atoms with Crippen LogP contribution in [0.3, 0.4) is 0 Å². The Morgan fingerprint density at radius 2 is 2.08 bits per heavy atom. The molecule has 0 aliphatic carbocycles. The summed E-state index contributed by atoms with van der Waals surface area (Å²) in [5.41, 5.74) is 0.297. The van der Waals surface area contributed by atoms with Crippen LogP contribution < -0.4 is 0 Å². The van der Waals surface area contributed by atoms with Gasteiger partial charge in [-0.2, -0.15) is 8.42 Å². The summed E-state index contributed by atoms with van der Waals surface area (Å²) in [5, 5.41) is -0.994. The van der Waals surface area contributed by atoms with Gasteiger partial charge in [-0.3, -0.25) is 0 Å². The van der Waals surface area contributed by atoms with Crippen molar-refractivity contribution in [1.82, 2.24) is 9.97 Å². The Morgan fingerprint density at radius 3 is 2.50 bits per heavy atom. The Kier molecular flexibility index (Phi) is 2.29. The van der Waals surface area contributed by atoms with Crippen LogP contribution in [-0.4, -0.2) is 18.4 Å². The summed E-state index contributed by atoms with van der Waals surface area (Å²) in [7, 11) is -4.78. The van der Waals surface area contributed by atoms with Crippen LogP contribution in [0.2, 0.25) is 5.28 Å². The van der Waals surface area contributed by atoms with E-state index in [9.17, 15) is 12.3 Å². The molecule has 1 aromatic heterocycles. The molecule has 0 unspecified atom stereocenters. The van der Waals surface area contributed by atoms with Crippen LogP contribution in [0.4, 0.5) is 3.89 Å². The molecule has 0 aliphatic rings. The molecule has 0 saturated heterocycles. The summed E-state index contributed by atoms with van der Waals surface area (Å²) < 4.78 is 32.9. The van der Waals surface area contributed by atoms with Crippen LogP contribution in [0, 0.1) is 6.92 Å². The lowest BCUT2D eigenvalue weighted by atomic mass is 10.5. The van der Waals surface area contributed by atoms with Crippen molar-refractivity contribution < 1.29 is 12.3 Å². The molecule has 0 fully saturated rings. The quantitative estimate of drug-likeness (QED) is 0.396. The SMILES string of the molecule is Cc1cc(S(=O)(=O)F)nc(Cl)n1. The minimum absolute atomic E-state index is 0.286. The van der Waals surface area contributed by atoms with Crippen molar-refractivity contribution in [3.63, 3.8) is 0 Å². The van der Waals surface area contributed by atoms with E-state index in [0.29, 0.717) is 5.69 Å². The molecular weight excluding hydrogens is 207 g/mol. The Labute approximate surface area is 73.6 Å². The molecule has 0 atom stereocenters. The maximum atomic E-state index is 12.3. The number of aromatic nitrogens is 2. The zero-order valence-corrected chi connectivity index (χ0v) is 7.52. The molecule has 1 heterocycles. The van der Waals surface area contributed by atoms with Gasteiger partial charge in [-0.25, -0.2) is 9.97 Å². The largest absolute Gasteiger partial charge is 0.349 e. The van der Waals surface area contributed by atoms with Crippen LogP contribution in [0.5, 0.6) is 0 Å². The average molecular weight is 211 g/mol. The minimum atomic E-state index is -4.78. The molecule has 0 spiro atoms. The van der Waals surface area contributed by atoms with E-state index in [1.807, 2.05) is 0 Å². The topological polar surface area (TPSA) is 59.9 Å². The predicted molar refractivity (Wildman–Crippen MR) is 40.1 cm³/mol. The fraction of sp³-hybridized carbons (Fsp3) is 0.200. The second-order valence-electron chi connectivity index (χ2n) is 2.05. The molecule has 4 nitrogen and oxygen atoms in total. The van der Waals surface area contributed by atoms with E-state index in [1.54, 1.807) is 0 Å². The van der Waals surface area contributed by atoms with Gasteiger partial charge in [-0.15, -0.1) is 0 Å². The van der Waals surface area contributed by atoms with Crippen LogP contribution >= 0.6 is 11.6 Å². The molecule has 0 amide bonds. The third-order valence-electron chi connectivity index (χ3n) is 1.05. The highest BCUT2D eigenvalue weighted by Gasteiger charge is 2.15. The Morgan fingerprint density at radius 1 is 1.50 bits per heavy atom. The fourth-order valence-electron chi connectivity index (χ4n) is 0.630. The van der Waals surface area contributed by atoms with Gasteiger partial charge < -0.3 is 0 Å². The summed E-state index contributed by atoms with van der Waals surface area (Å²) in [6.45, 7) is 1.49. The fourth-order valence-corrected chi connectivity index (χ4v) is 1.41. The number of hydrogen-bond acceptors (Lipinski definition) is 4. The lowest BCUT2D eigenvalue weighted by Gasteiger charge is -1.95. The normalized spacial score (nSPS) is 11.6. The molecule has 0 saturated carbocycles. The van der Waals surface area contributed by atoms with Gasteiger partial charge in [0, 0.05) is 5.69 Å². The lowest BCUT2D eigenvalue weighted by molar-refractivity contribution is 0.547. The third-order valence-corrected chi connectivity index (χ3v) is 1.93. The number of nitrogens with zero attached hydrogens (tertiary/aromatic N) is 2. The third kappa shape index (κ3) is 2.12. The highest BCUT2D eigenvalue weighted by molar-refractivity contribution is 7.86. The molecule has 7 heteroatoms. The summed E-state index contributed by atoms with van der Waals surface area (Å²) in [5.74, 6) is 0. The van der Waals surface area contributed by atoms with Gasteiger partial charge in [0.2, 0.25) is 5.28 Å². The first-order valence-electron chi connectivity index (χ1n) is 2.85. The first kappa shape index (κ1) is 9.34. The van der Waals surface area contributed by atoms with Gasteiger partial charge in [0.25, 0.3) is 0 Å². The van der Waals surface area contributed by atoms with Gasteiger partial charge in [-0.1, -0.05) is 3.89 Å². The summed E-state index contributed by atoms with van der Waals surface area (Å²) in [6, 6.07) is 1.00. The highest BCUT2D eigenvalue weighted by Crippen LogP contribution is 2.12. The Balaban J connectivity index is 3.37. The van der Waals surface area contributed by atoms with E-state index >= 15 is 0 Å². The first-order chi connectivity index (χ1) is 5.39. The van der Waals surface area contributed by atoms with Crippen LogP contribution in [0.25, 0.3) is 0 Å². The molecule has 0 aromatic carbocycles. The van der Waals surface area contributed by atoms with Crippen LogP contribution in [0.15, 0.2) is 11.1 Å². The van der Waals surface area contributed by atoms with E-state index in [2.05, 4.69) is 9.97 Å². The molecule has 1 rings (SSSR count). The zero-order valence-electron chi connectivity index (χ0n) is 5.95. The first-order valence-corrected chi connectivity index (χ1v) is 4.61. The van der Waals surface area contributed by atoms with Gasteiger partial charge in [0.1, 0.15) is 0 Å². The van der Waals surface area contributed by atoms with Gasteiger partial charge in [-0.05, 0) is 24.6 Å². The number of halogens is 2. The van der Waals surface area contributed by atoms with Gasteiger partial charge >= 0.3 is 10.2 Å². The molecule has 0 N–H and O–H groups in total. The standard InChI is InChI=1S/C5H4ClFN2O2S/c1-3-2-4(12(7,10)11)9-5(6)8-3/h2H,1H3. The molecular formula is C5H4ClFN2O2S. The zero-order chi connectivity index (χ0) is 9.35. The van der Waals surface area contributed by atoms with Gasteiger partial charge in [0.15, 0.2) is 5.03 Å². The summed E-state index contributed by atoms with van der Waals surface area (Å²) in [4.78, 5) is 6.77. The second kappa shape index (κ2) is 2.95. The maximum Gasteiger partial charge on any atom is 0.349 e. The Bertz CT molecular complexity index is 386. The smallest absolute Gasteiger partial charge is 0.223 e. The molecule has 0 radical (unpaired) electrons. The van der Waals surface area contributed by atoms with E-state index in [4.69, 9.17) is 11.6 Å². The number of aryl methyl sites for hydroxylation is 1. The van der Waals surface area contributed by atoms with Crippen molar-refractivity contribution in [2.45, 2.75) is 11.9 Å². The second-order valence-corrected chi connectivity index (χ2v) is 3.69. The molecule has 0 aliphatic heterocycles. The van der Waals surface area contributed by atoms with Crippen molar-refractivity contribution in [3.05, 3.63) is 17.0 Å². The monoisotopic (exact) mass is 210 g/mol.